The van der Waals surface area contributed by atoms with Crippen molar-refractivity contribution in [2.45, 2.75) is 26.8 Å². The van der Waals surface area contributed by atoms with Crippen LogP contribution in [0.4, 0.5) is 0 Å². The highest BCUT2D eigenvalue weighted by molar-refractivity contribution is 5.69. The summed E-state index contributed by atoms with van der Waals surface area (Å²) >= 11 is 0. The Morgan fingerprint density at radius 3 is 2.47 bits per heavy atom. The lowest BCUT2D eigenvalue weighted by atomic mass is 10.1. The molecule has 1 heterocycles. The molecule has 0 fully saturated rings. The molecule has 0 bridgehead atoms. The standard InChI is InChI=1S/C16H21NO2/c1-5-10-17-12(2)6-9-15(17)14-8-7-13(18-3)11-16(14)19-4/h6-9,11H,5,10H2,1-4H3. The van der Waals surface area contributed by atoms with Gasteiger partial charge in [0.05, 0.1) is 19.9 Å². The minimum atomic E-state index is 0.811. The van der Waals surface area contributed by atoms with Crippen LogP contribution in [0.15, 0.2) is 30.3 Å². The van der Waals surface area contributed by atoms with Gasteiger partial charge in [-0.15, -0.1) is 0 Å². The Hall–Kier alpha value is -1.90. The van der Waals surface area contributed by atoms with Gasteiger partial charge in [0.25, 0.3) is 0 Å². The van der Waals surface area contributed by atoms with Gasteiger partial charge in [0.1, 0.15) is 11.5 Å². The quantitative estimate of drug-likeness (QED) is 0.813. The smallest absolute Gasteiger partial charge is 0.131 e. The zero-order valence-electron chi connectivity index (χ0n) is 12.1. The van der Waals surface area contributed by atoms with E-state index in [1.54, 1.807) is 14.2 Å². The van der Waals surface area contributed by atoms with Gasteiger partial charge in [-0.1, -0.05) is 6.92 Å². The van der Waals surface area contributed by atoms with Gasteiger partial charge >= 0.3 is 0 Å². The van der Waals surface area contributed by atoms with Gasteiger partial charge in [0, 0.05) is 23.9 Å². The summed E-state index contributed by atoms with van der Waals surface area (Å²) in [7, 11) is 3.36. The van der Waals surface area contributed by atoms with Gasteiger partial charge in [-0.2, -0.15) is 0 Å². The van der Waals surface area contributed by atoms with E-state index in [9.17, 15) is 0 Å². The Kier molecular flexibility index (Phi) is 4.15. The van der Waals surface area contributed by atoms with E-state index in [4.69, 9.17) is 9.47 Å². The normalized spacial score (nSPS) is 10.5. The molecule has 19 heavy (non-hydrogen) atoms. The van der Waals surface area contributed by atoms with Gasteiger partial charge in [0.2, 0.25) is 0 Å². The molecule has 2 rings (SSSR count). The Balaban J connectivity index is 2.52. The fraction of sp³-hybridized carbons (Fsp3) is 0.375. The number of nitrogens with zero attached hydrogens (tertiary/aromatic N) is 1. The molecule has 1 aromatic heterocycles. The molecule has 0 N–H and O–H groups in total. The van der Waals surface area contributed by atoms with Crippen molar-refractivity contribution in [2.24, 2.45) is 0 Å². The van der Waals surface area contributed by atoms with Crippen LogP contribution in [0, 0.1) is 6.92 Å². The number of benzene rings is 1. The minimum Gasteiger partial charge on any atom is -0.497 e. The topological polar surface area (TPSA) is 23.4 Å². The molecular formula is C16H21NO2. The largest absolute Gasteiger partial charge is 0.497 e. The molecule has 0 radical (unpaired) electrons. The first kappa shape index (κ1) is 13.5. The van der Waals surface area contributed by atoms with Crippen molar-refractivity contribution in [1.29, 1.82) is 0 Å². The first-order valence-electron chi connectivity index (χ1n) is 6.59. The SMILES string of the molecule is CCCn1c(C)ccc1-c1ccc(OC)cc1OC. The van der Waals surface area contributed by atoms with E-state index in [0.29, 0.717) is 0 Å². The second-order valence-electron chi connectivity index (χ2n) is 4.58. The first-order chi connectivity index (χ1) is 9.21. The summed E-state index contributed by atoms with van der Waals surface area (Å²) in [4.78, 5) is 0. The van der Waals surface area contributed by atoms with Gasteiger partial charge < -0.3 is 14.0 Å². The number of methoxy groups -OCH3 is 2. The molecule has 2 aromatic rings. The van der Waals surface area contributed by atoms with Crippen LogP contribution in [0.3, 0.4) is 0 Å². The number of hydrogen-bond acceptors (Lipinski definition) is 2. The lowest BCUT2D eigenvalue weighted by molar-refractivity contribution is 0.395. The Morgan fingerprint density at radius 2 is 1.84 bits per heavy atom. The van der Waals surface area contributed by atoms with Gasteiger partial charge in [-0.25, -0.2) is 0 Å². The predicted molar refractivity (Wildman–Crippen MR) is 78.0 cm³/mol. The summed E-state index contributed by atoms with van der Waals surface area (Å²) in [5.74, 6) is 1.65. The van der Waals surface area contributed by atoms with E-state index in [0.717, 1.165) is 30.0 Å². The van der Waals surface area contributed by atoms with Crippen molar-refractivity contribution < 1.29 is 9.47 Å². The summed E-state index contributed by atoms with van der Waals surface area (Å²) in [6.45, 7) is 5.34. The maximum Gasteiger partial charge on any atom is 0.131 e. The second-order valence-corrected chi connectivity index (χ2v) is 4.58. The Labute approximate surface area is 114 Å². The molecule has 0 saturated heterocycles. The van der Waals surface area contributed by atoms with Crippen LogP contribution >= 0.6 is 0 Å². The van der Waals surface area contributed by atoms with E-state index in [-0.39, 0.29) is 0 Å². The van der Waals surface area contributed by atoms with Crippen LogP contribution in [0.1, 0.15) is 19.0 Å². The van der Waals surface area contributed by atoms with E-state index in [1.807, 2.05) is 12.1 Å². The van der Waals surface area contributed by atoms with Crippen molar-refractivity contribution in [3.63, 3.8) is 0 Å². The van der Waals surface area contributed by atoms with Gasteiger partial charge in [0.15, 0.2) is 0 Å². The molecule has 0 unspecified atom stereocenters. The average molecular weight is 259 g/mol. The number of ether oxygens (including phenoxy) is 2. The van der Waals surface area contributed by atoms with Gasteiger partial charge in [-0.3, -0.25) is 0 Å². The molecule has 0 spiro atoms. The number of aromatic nitrogens is 1. The summed E-state index contributed by atoms with van der Waals surface area (Å²) < 4.78 is 13.1. The van der Waals surface area contributed by atoms with Crippen molar-refractivity contribution in [2.75, 3.05) is 14.2 Å². The molecule has 3 nitrogen and oxygen atoms in total. The molecule has 102 valence electrons. The lowest BCUT2D eigenvalue weighted by Gasteiger charge is -2.14. The highest BCUT2D eigenvalue weighted by Gasteiger charge is 2.12. The monoisotopic (exact) mass is 259 g/mol. The number of aryl methyl sites for hydroxylation is 1. The maximum absolute atomic E-state index is 5.49. The van der Waals surface area contributed by atoms with E-state index < -0.39 is 0 Å². The van der Waals surface area contributed by atoms with Crippen LogP contribution in [0.2, 0.25) is 0 Å². The number of rotatable bonds is 5. The molecule has 0 aliphatic rings. The number of hydrogen-bond donors (Lipinski definition) is 0. The minimum absolute atomic E-state index is 0.811. The molecule has 3 heteroatoms. The third-order valence-corrected chi connectivity index (χ3v) is 3.33. The molecule has 0 aliphatic carbocycles. The zero-order chi connectivity index (χ0) is 13.8. The highest BCUT2D eigenvalue weighted by Crippen LogP contribution is 2.34. The van der Waals surface area contributed by atoms with Crippen molar-refractivity contribution >= 4 is 0 Å². The average Bonchev–Trinajstić information content (AvgIpc) is 2.80. The Bertz CT molecular complexity index is 558. The molecule has 0 aliphatic heterocycles. The predicted octanol–water partition coefficient (Wildman–Crippen LogP) is 3.89. The fourth-order valence-electron chi connectivity index (χ4n) is 2.34. The summed E-state index contributed by atoms with van der Waals surface area (Å²) in [5, 5.41) is 0. The van der Waals surface area contributed by atoms with E-state index in [2.05, 4.69) is 36.6 Å². The van der Waals surface area contributed by atoms with Crippen molar-refractivity contribution in [3.8, 4) is 22.8 Å². The highest BCUT2D eigenvalue weighted by atomic mass is 16.5. The van der Waals surface area contributed by atoms with Gasteiger partial charge in [-0.05, 0) is 37.6 Å². The summed E-state index contributed by atoms with van der Waals surface area (Å²) in [5.41, 5.74) is 3.57. The molecule has 0 atom stereocenters. The van der Waals surface area contributed by atoms with Crippen LogP contribution < -0.4 is 9.47 Å². The zero-order valence-corrected chi connectivity index (χ0v) is 12.1. The first-order valence-corrected chi connectivity index (χ1v) is 6.59. The fourth-order valence-corrected chi connectivity index (χ4v) is 2.34. The van der Waals surface area contributed by atoms with Crippen LogP contribution in [-0.4, -0.2) is 18.8 Å². The van der Waals surface area contributed by atoms with Crippen molar-refractivity contribution in [1.82, 2.24) is 4.57 Å². The van der Waals surface area contributed by atoms with Crippen LogP contribution in [0.25, 0.3) is 11.3 Å². The lowest BCUT2D eigenvalue weighted by Crippen LogP contribution is -2.02. The third-order valence-electron chi connectivity index (χ3n) is 3.33. The van der Waals surface area contributed by atoms with Crippen molar-refractivity contribution in [3.05, 3.63) is 36.0 Å². The van der Waals surface area contributed by atoms with Crippen LogP contribution in [0.5, 0.6) is 11.5 Å². The second kappa shape index (κ2) is 5.83. The Morgan fingerprint density at radius 1 is 1.05 bits per heavy atom. The third kappa shape index (κ3) is 2.60. The van der Waals surface area contributed by atoms with E-state index >= 15 is 0 Å². The molecule has 0 saturated carbocycles. The maximum atomic E-state index is 5.49. The summed E-state index contributed by atoms with van der Waals surface area (Å²) in [6.07, 6.45) is 1.11. The molecule has 1 aromatic carbocycles. The van der Waals surface area contributed by atoms with E-state index in [1.165, 1.54) is 11.4 Å². The van der Waals surface area contributed by atoms with Crippen LogP contribution in [-0.2, 0) is 6.54 Å². The molecular weight excluding hydrogens is 238 g/mol. The summed E-state index contributed by atoms with van der Waals surface area (Å²) in [6, 6.07) is 10.2. The molecule has 0 amide bonds.